The number of amides is 3. The third kappa shape index (κ3) is 4.16. The maximum absolute atomic E-state index is 12.5. The molecule has 1 aromatic carbocycles. The number of hydrogen-bond acceptors (Lipinski definition) is 2. The summed E-state index contributed by atoms with van der Waals surface area (Å²) in [6, 6.07) is 5.16. The summed E-state index contributed by atoms with van der Waals surface area (Å²) in [6.45, 7) is 10.6. The van der Waals surface area contributed by atoms with Crippen LogP contribution in [0.5, 0.6) is 0 Å². The molecule has 3 amide bonds. The lowest BCUT2D eigenvalue weighted by Crippen LogP contribution is -2.55. The highest BCUT2D eigenvalue weighted by Crippen LogP contribution is 2.28. The maximum atomic E-state index is 12.5. The molecule has 2 rings (SSSR count). The molecule has 0 saturated carbocycles. The Morgan fingerprint density at radius 1 is 1.46 bits per heavy atom. The predicted molar refractivity (Wildman–Crippen MR) is 97.2 cm³/mol. The lowest BCUT2D eigenvalue weighted by atomic mass is 9.94. The SMILES string of the molecule is C=CCc1cccc(C(C)C)c1NC(=O)NC1C(=O)NCCC1C. The van der Waals surface area contributed by atoms with Crippen LogP contribution < -0.4 is 16.0 Å². The molecule has 0 aliphatic carbocycles. The molecule has 3 N–H and O–H groups in total. The summed E-state index contributed by atoms with van der Waals surface area (Å²) < 4.78 is 0. The molecular weight excluding hydrogens is 302 g/mol. The van der Waals surface area contributed by atoms with E-state index in [1.54, 1.807) is 0 Å². The van der Waals surface area contributed by atoms with Crippen molar-refractivity contribution in [3.05, 3.63) is 42.0 Å². The van der Waals surface area contributed by atoms with Crippen LogP contribution in [0.25, 0.3) is 0 Å². The number of nitrogens with one attached hydrogen (secondary N) is 3. The zero-order valence-electron chi connectivity index (χ0n) is 14.7. The van der Waals surface area contributed by atoms with Crippen molar-refractivity contribution in [1.82, 2.24) is 10.6 Å². The fourth-order valence-corrected chi connectivity index (χ4v) is 3.04. The van der Waals surface area contributed by atoms with Crippen LogP contribution >= 0.6 is 0 Å². The van der Waals surface area contributed by atoms with E-state index in [-0.39, 0.29) is 23.8 Å². The van der Waals surface area contributed by atoms with Crippen molar-refractivity contribution in [3.63, 3.8) is 0 Å². The van der Waals surface area contributed by atoms with Crippen LogP contribution in [-0.2, 0) is 11.2 Å². The maximum Gasteiger partial charge on any atom is 0.319 e. The molecule has 1 heterocycles. The molecule has 2 unspecified atom stereocenters. The van der Waals surface area contributed by atoms with Gasteiger partial charge in [-0.15, -0.1) is 6.58 Å². The summed E-state index contributed by atoms with van der Waals surface area (Å²) in [4.78, 5) is 24.4. The zero-order chi connectivity index (χ0) is 17.7. The summed E-state index contributed by atoms with van der Waals surface area (Å²) in [5.41, 5.74) is 2.91. The van der Waals surface area contributed by atoms with Gasteiger partial charge >= 0.3 is 6.03 Å². The third-order valence-electron chi connectivity index (χ3n) is 4.44. The first-order valence-electron chi connectivity index (χ1n) is 8.52. The van der Waals surface area contributed by atoms with E-state index in [0.717, 1.165) is 23.2 Å². The van der Waals surface area contributed by atoms with Gasteiger partial charge in [-0.1, -0.05) is 45.0 Å². The van der Waals surface area contributed by atoms with E-state index >= 15 is 0 Å². The normalized spacial score (nSPS) is 20.4. The van der Waals surface area contributed by atoms with E-state index in [9.17, 15) is 9.59 Å². The molecule has 130 valence electrons. The lowest BCUT2D eigenvalue weighted by Gasteiger charge is -2.29. The monoisotopic (exact) mass is 329 g/mol. The van der Waals surface area contributed by atoms with E-state index < -0.39 is 6.04 Å². The average Bonchev–Trinajstić information content (AvgIpc) is 2.52. The van der Waals surface area contributed by atoms with Crippen molar-refractivity contribution in [1.29, 1.82) is 0 Å². The Morgan fingerprint density at radius 2 is 2.21 bits per heavy atom. The first-order chi connectivity index (χ1) is 11.4. The molecule has 2 atom stereocenters. The average molecular weight is 329 g/mol. The van der Waals surface area contributed by atoms with Crippen LogP contribution in [0.15, 0.2) is 30.9 Å². The molecule has 1 aliphatic rings. The number of anilines is 1. The smallest absolute Gasteiger partial charge is 0.319 e. The van der Waals surface area contributed by atoms with Gasteiger partial charge in [0.1, 0.15) is 6.04 Å². The van der Waals surface area contributed by atoms with Crippen LogP contribution in [0, 0.1) is 5.92 Å². The summed E-state index contributed by atoms with van der Waals surface area (Å²) in [5.74, 6) is 0.284. The van der Waals surface area contributed by atoms with Crippen molar-refractivity contribution in [2.75, 3.05) is 11.9 Å². The minimum Gasteiger partial charge on any atom is -0.354 e. The van der Waals surface area contributed by atoms with Gasteiger partial charge in [-0.3, -0.25) is 4.79 Å². The predicted octanol–water partition coefficient (Wildman–Crippen LogP) is 3.18. The van der Waals surface area contributed by atoms with Crippen molar-refractivity contribution in [3.8, 4) is 0 Å². The molecule has 0 bridgehead atoms. The molecule has 0 spiro atoms. The van der Waals surface area contributed by atoms with Crippen LogP contribution in [0.3, 0.4) is 0 Å². The largest absolute Gasteiger partial charge is 0.354 e. The van der Waals surface area contributed by atoms with Gasteiger partial charge in [0, 0.05) is 12.2 Å². The highest BCUT2D eigenvalue weighted by Gasteiger charge is 2.30. The number of allylic oxidation sites excluding steroid dienone is 1. The van der Waals surface area contributed by atoms with E-state index in [2.05, 4.69) is 36.4 Å². The fourth-order valence-electron chi connectivity index (χ4n) is 3.04. The second kappa shape index (κ2) is 7.99. The Bertz CT molecular complexity index is 625. The van der Waals surface area contributed by atoms with Crippen molar-refractivity contribution in [2.24, 2.45) is 5.92 Å². The molecule has 0 radical (unpaired) electrons. The van der Waals surface area contributed by atoms with E-state index in [0.29, 0.717) is 13.0 Å². The molecular formula is C19H27N3O2. The molecule has 5 nitrogen and oxygen atoms in total. The van der Waals surface area contributed by atoms with Gasteiger partial charge < -0.3 is 16.0 Å². The standard InChI is InChI=1S/C19H27N3O2/c1-5-7-14-8-6-9-15(12(2)3)17(14)22-19(24)21-16-13(4)10-11-20-18(16)23/h5-6,8-9,12-13,16H,1,7,10-11H2,2-4H3,(H,20,23)(H2,21,22,24). The van der Waals surface area contributed by atoms with Crippen molar-refractivity contribution < 1.29 is 9.59 Å². The number of urea groups is 1. The summed E-state index contributed by atoms with van der Waals surface area (Å²) >= 11 is 0. The quantitative estimate of drug-likeness (QED) is 0.726. The zero-order valence-corrected chi connectivity index (χ0v) is 14.7. The minimum atomic E-state index is -0.493. The van der Waals surface area contributed by atoms with Crippen LogP contribution in [0.2, 0.25) is 0 Å². The minimum absolute atomic E-state index is 0.118. The first kappa shape index (κ1) is 18.0. The Hall–Kier alpha value is -2.30. The Morgan fingerprint density at radius 3 is 2.83 bits per heavy atom. The van der Waals surface area contributed by atoms with Crippen molar-refractivity contribution in [2.45, 2.75) is 45.6 Å². The number of hydrogen-bond donors (Lipinski definition) is 3. The second-order valence-corrected chi connectivity index (χ2v) is 6.66. The Kier molecular flexibility index (Phi) is 6.01. The van der Waals surface area contributed by atoms with E-state index in [1.165, 1.54) is 0 Å². The molecule has 5 heteroatoms. The van der Waals surface area contributed by atoms with Crippen molar-refractivity contribution >= 4 is 17.6 Å². The Balaban J connectivity index is 2.18. The number of para-hydroxylation sites is 1. The lowest BCUT2D eigenvalue weighted by molar-refractivity contribution is -0.125. The van der Waals surface area contributed by atoms with Crippen LogP contribution in [0.1, 0.15) is 44.2 Å². The third-order valence-corrected chi connectivity index (χ3v) is 4.44. The molecule has 1 aromatic rings. The van der Waals surface area contributed by atoms with Gasteiger partial charge in [0.05, 0.1) is 0 Å². The topological polar surface area (TPSA) is 70.2 Å². The molecule has 1 saturated heterocycles. The van der Waals surface area contributed by atoms with Gasteiger partial charge in [0.2, 0.25) is 5.91 Å². The first-order valence-corrected chi connectivity index (χ1v) is 8.52. The summed E-state index contributed by atoms with van der Waals surface area (Å²) in [5, 5.41) is 8.57. The van der Waals surface area contributed by atoms with Gasteiger partial charge in [0.15, 0.2) is 0 Å². The fraction of sp³-hybridized carbons (Fsp3) is 0.474. The van der Waals surface area contributed by atoms with E-state index in [4.69, 9.17) is 0 Å². The van der Waals surface area contributed by atoms with Gasteiger partial charge in [0.25, 0.3) is 0 Å². The number of piperidine rings is 1. The number of benzene rings is 1. The second-order valence-electron chi connectivity index (χ2n) is 6.66. The number of carbonyl (C=O) groups is 2. The van der Waals surface area contributed by atoms with Gasteiger partial charge in [-0.25, -0.2) is 4.79 Å². The van der Waals surface area contributed by atoms with Crippen LogP contribution in [0.4, 0.5) is 10.5 Å². The summed E-state index contributed by atoms with van der Waals surface area (Å²) in [7, 11) is 0. The van der Waals surface area contributed by atoms with Crippen LogP contribution in [-0.4, -0.2) is 24.5 Å². The highest BCUT2D eigenvalue weighted by molar-refractivity contribution is 5.95. The number of rotatable bonds is 5. The molecule has 1 fully saturated rings. The van der Waals surface area contributed by atoms with Gasteiger partial charge in [-0.05, 0) is 35.8 Å². The number of carbonyl (C=O) groups excluding carboxylic acids is 2. The summed E-state index contributed by atoms with van der Waals surface area (Å²) in [6.07, 6.45) is 3.36. The highest BCUT2D eigenvalue weighted by atomic mass is 16.2. The van der Waals surface area contributed by atoms with Gasteiger partial charge in [-0.2, -0.15) is 0 Å². The Labute approximate surface area is 143 Å². The molecule has 1 aliphatic heterocycles. The molecule has 0 aromatic heterocycles. The van der Waals surface area contributed by atoms with E-state index in [1.807, 2.05) is 31.2 Å². The molecule has 24 heavy (non-hydrogen) atoms.